The van der Waals surface area contributed by atoms with Crippen LogP contribution >= 0.6 is 11.3 Å². The number of nitrogens with one attached hydrogen (secondary N) is 2. The highest BCUT2D eigenvalue weighted by Crippen LogP contribution is 2.30. The first-order chi connectivity index (χ1) is 12.9. The Morgan fingerprint density at radius 3 is 2.85 bits per heavy atom. The number of thiazole rings is 1. The molecule has 27 heavy (non-hydrogen) atoms. The molecule has 12 heteroatoms. The van der Waals surface area contributed by atoms with Crippen LogP contribution in [0.2, 0.25) is 0 Å². The molecule has 0 aliphatic carbocycles. The number of carbonyl (C=O) groups excluding carboxylic acids is 1. The summed E-state index contributed by atoms with van der Waals surface area (Å²) in [6.07, 6.45) is 0.140. The molecule has 10 nitrogen and oxygen atoms in total. The molecule has 1 aromatic carbocycles. The van der Waals surface area contributed by atoms with Gasteiger partial charge in [0, 0.05) is 12.4 Å². The topological polar surface area (TPSA) is 153 Å². The van der Waals surface area contributed by atoms with Gasteiger partial charge in [0.2, 0.25) is 0 Å². The first-order valence-corrected chi connectivity index (χ1v) is 8.69. The number of carbonyl (C=O) groups is 2. The van der Waals surface area contributed by atoms with Crippen molar-refractivity contribution < 1.29 is 29.6 Å². The number of benzene rings is 1. The molecule has 1 aliphatic rings. The lowest BCUT2D eigenvalue weighted by Crippen LogP contribution is -2.54. The Morgan fingerprint density at radius 1 is 1.44 bits per heavy atom. The second-order valence-electron chi connectivity index (χ2n) is 5.63. The van der Waals surface area contributed by atoms with Gasteiger partial charge in [-0.25, -0.2) is 9.78 Å². The minimum atomic E-state index is -1.47. The first kappa shape index (κ1) is 18.7. The fourth-order valence-corrected chi connectivity index (χ4v) is 3.32. The number of amides is 1. The standard InChI is InChI=1S/C15H15BN4O6S/c1-17-15-18-9(6-27-15)11(20-25)13(21)19-10-5-7-3-2-4-8(14(22)23)12(7)26-16(10)24/h2-4,6,10,24-25H,5H2,1H3,(H,17,18)(H,19,21)(H,22,23)/b20-11-/t10-/m0/s1. The van der Waals surface area contributed by atoms with Gasteiger partial charge in [-0.3, -0.25) is 4.79 Å². The largest absolute Gasteiger partial charge is 0.547 e. The van der Waals surface area contributed by atoms with Gasteiger partial charge in [0.25, 0.3) is 5.91 Å². The molecule has 0 saturated carbocycles. The molecule has 0 bridgehead atoms. The SMILES string of the molecule is CNc1nc(/C(=N/O)C(=O)N[C@H]2Cc3cccc(C(=O)O)c3OB2O)cs1. The number of oxime groups is 1. The molecule has 140 valence electrons. The van der Waals surface area contributed by atoms with Gasteiger partial charge in [-0.15, -0.1) is 11.3 Å². The van der Waals surface area contributed by atoms with Crippen LogP contribution < -0.4 is 15.3 Å². The highest BCUT2D eigenvalue weighted by molar-refractivity contribution is 7.14. The summed E-state index contributed by atoms with van der Waals surface area (Å²) in [6, 6.07) is 4.57. The van der Waals surface area contributed by atoms with E-state index in [1.54, 1.807) is 24.6 Å². The summed E-state index contributed by atoms with van der Waals surface area (Å²) in [6.45, 7) is 0. The van der Waals surface area contributed by atoms with E-state index < -0.39 is 24.9 Å². The van der Waals surface area contributed by atoms with Crippen LogP contribution in [-0.4, -0.2) is 58.0 Å². The zero-order valence-corrected chi connectivity index (χ0v) is 14.9. The van der Waals surface area contributed by atoms with Crippen LogP contribution in [0.1, 0.15) is 21.6 Å². The molecule has 1 aliphatic heterocycles. The molecule has 1 atom stereocenters. The number of carboxylic acids is 1. The van der Waals surface area contributed by atoms with E-state index in [-0.39, 0.29) is 29.1 Å². The average Bonchev–Trinajstić information content (AvgIpc) is 3.11. The molecule has 3 rings (SSSR count). The number of anilines is 1. The Morgan fingerprint density at radius 2 is 2.22 bits per heavy atom. The Balaban J connectivity index is 1.78. The van der Waals surface area contributed by atoms with Crippen LogP contribution in [0, 0.1) is 0 Å². The third kappa shape index (κ3) is 3.71. The van der Waals surface area contributed by atoms with Gasteiger partial charge in [0.15, 0.2) is 10.8 Å². The van der Waals surface area contributed by atoms with Crippen LogP contribution in [-0.2, 0) is 11.2 Å². The van der Waals surface area contributed by atoms with Gasteiger partial charge in [-0.2, -0.15) is 0 Å². The minimum absolute atomic E-state index is 0.0669. The average molecular weight is 390 g/mol. The van der Waals surface area contributed by atoms with E-state index in [0.29, 0.717) is 10.7 Å². The number of carboxylic acid groups (broad SMARTS) is 1. The Hall–Kier alpha value is -3.12. The van der Waals surface area contributed by atoms with Gasteiger partial charge >= 0.3 is 13.1 Å². The van der Waals surface area contributed by atoms with Gasteiger partial charge in [-0.1, -0.05) is 17.3 Å². The Labute approximate surface area is 157 Å². The molecule has 0 radical (unpaired) electrons. The van der Waals surface area contributed by atoms with Crippen molar-refractivity contribution in [3.63, 3.8) is 0 Å². The van der Waals surface area contributed by atoms with Crippen molar-refractivity contribution in [2.45, 2.75) is 12.4 Å². The summed E-state index contributed by atoms with van der Waals surface area (Å²) >= 11 is 1.23. The van der Waals surface area contributed by atoms with Crippen molar-refractivity contribution in [3.8, 4) is 5.75 Å². The van der Waals surface area contributed by atoms with Crippen molar-refractivity contribution in [1.82, 2.24) is 10.3 Å². The summed E-state index contributed by atoms with van der Waals surface area (Å²) < 4.78 is 5.31. The number of aromatic nitrogens is 1. The molecule has 2 heterocycles. The Bertz CT molecular complexity index is 917. The highest BCUT2D eigenvalue weighted by Gasteiger charge is 2.38. The van der Waals surface area contributed by atoms with Gasteiger partial charge in [-0.05, 0) is 18.1 Å². The van der Waals surface area contributed by atoms with Crippen LogP contribution in [0.25, 0.3) is 0 Å². The monoisotopic (exact) mass is 390 g/mol. The van der Waals surface area contributed by atoms with Gasteiger partial charge in [0.1, 0.15) is 11.4 Å². The second kappa shape index (κ2) is 7.64. The van der Waals surface area contributed by atoms with E-state index in [2.05, 4.69) is 20.8 Å². The number of fused-ring (bicyclic) bond motifs is 1. The summed E-state index contributed by atoms with van der Waals surface area (Å²) in [5.41, 5.74) is 0.310. The number of hydrogen-bond acceptors (Lipinski definition) is 9. The maximum absolute atomic E-state index is 12.5. The van der Waals surface area contributed by atoms with Crippen LogP contribution in [0.3, 0.4) is 0 Å². The quantitative estimate of drug-likeness (QED) is 0.210. The second-order valence-corrected chi connectivity index (χ2v) is 6.49. The van der Waals surface area contributed by atoms with Crippen LogP contribution in [0.4, 0.5) is 5.13 Å². The first-order valence-electron chi connectivity index (χ1n) is 7.81. The summed E-state index contributed by atoms with van der Waals surface area (Å²) in [4.78, 5) is 27.8. The van der Waals surface area contributed by atoms with E-state index in [1.165, 1.54) is 17.4 Å². The van der Waals surface area contributed by atoms with Gasteiger partial charge in [0.05, 0.1) is 11.5 Å². The third-order valence-corrected chi connectivity index (χ3v) is 4.80. The molecular weight excluding hydrogens is 375 g/mol. The van der Waals surface area contributed by atoms with Crippen molar-refractivity contribution in [2.75, 3.05) is 12.4 Å². The molecule has 0 spiro atoms. The number of aromatic carboxylic acids is 1. The number of para-hydroxylation sites is 1. The molecule has 2 aromatic rings. The molecule has 0 saturated heterocycles. The van der Waals surface area contributed by atoms with E-state index in [4.69, 9.17) is 4.65 Å². The van der Waals surface area contributed by atoms with Crippen LogP contribution in [0.5, 0.6) is 5.75 Å². The molecule has 5 N–H and O–H groups in total. The number of rotatable bonds is 5. The van der Waals surface area contributed by atoms with E-state index >= 15 is 0 Å². The van der Waals surface area contributed by atoms with Crippen molar-refractivity contribution in [2.24, 2.45) is 5.16 Å². The van der Waals surface area contributed by atoms with Gasteiger partial charge < -0.3 is 30.6 Å². The summed E-state index contributed by atoms with van der Waals surface area (Å²) in [7, 11) is 0.196. The molecular formula is C15H15BN4O6S. The molecule has 1 aromatic heterocycles. The van der Waals surface area contributed by atoms with Crippen molar-refractivity contribution in [3.05, 3.63) is 40.4 Å². The molecule has 0 unspecified atom stereocenters. The lowest BCUT2D eigenvalue weighted by molar-refractivity contribution is -0.115. The lowest BCUT2D eigenvalue weighted by Gasteiger charge is -2.28. The maximum atomic E-state index is 12.5. The zero-order valence-electron chi connectivity index (χ0n) is 14.0. The normalized spacial score (nSPS) is 16.3. The zero-order chi connectivity index (χ0) is 19.6. The number of nitrogens with zero attached hydrogens (tertiary/aromatic N) is 2. The summed E-state index contributed by atoms with van der Waals surface area (Å²) in [5.74, 6) is -2.73. The molecule has 1 amide bonds. The van der Waals surface area contributed by atoms with E-state index in [9.17, 15) is 24.9 Å². The third-order valence-electron chi connectivity index (χ3n) is 3.94. The predicted molar refractivity (Wildman–Crippen MR) is 97.6 cm³/mol. The predicted octanol–water partition coefficient (Wildman–Crippen LogP) is 0.201. The smallest absolute Gasteiger partial charge is 0.534 e. The van der Waals surface area contributed by atoms with Crippen molar-refractivity contribution in [1.29, 1.82) is 0 Å². The molecule has 0 fully saturated rings. The highest BCUT2D eigenvalue weighted by atomic mass is 32.1. The maximum Gasteiger partial charge on any atom is 0.547 e. The van der Waals surface area contributed by atoms with Crippen LogP contribution in [0.15, 0.2) is 28.7 Å². The number of hydrogen-bond donors (Lipinski definition) is 5. The van der Waals surface area contributed by atoms with E-state index in [1.807, 2.05) is 0 Å². The fraction of sp³-hybridized carbons (Fsp3) is 0.200. The minimum Gasteiger partial charge on any atom is -0.534 e. The lowest BCUT2D eigenvalue weighted by atomic mass is 9.72. The summed E-state index contributed by atoms with van der Waals surface area (Å²) in [5, 5.41) is 39.0. The Kier molecular flexibility index (Phi) is 5.28. The van der Waals surface area contributed by atoms with Crippen molar-refractivity contribution >= 4 is 41.2 Å². The fourth-order valence-electron chi connectivity index (χ4n) is 2.66. The van der Waals surface area contributed by atoms with E-state index in [0.717, 1.165) is 0 Å².